The maximum Gasteiger partial charge on any atom is 0.369 e. The van der Waals surface area contributed by atoms with Gasteiger partial charge < -0.3 is 20.3 Å². The quantitative estimate of drug-likeness (QED) is 0.338. The van der Waals surface area contributed by atoms with Crippen LogP contribution in [0.25, 0.3) is 0 Å². The molecule has 10 heteroatoms. The zero-order valence-electron chi connectivity index (χ0n) is 8.85. The lowest BCUT2D eigenvalue weighted by molar-refractivity contribution is -0.388. The molecule has 0 saturated heterocycles. The van der Waals surface area contributed by atoms with E-state index >= 15 is 0 Å². The van der Waals surface area contributed by atoms with Gasteiger partial charge in [0.25, 0.3) is 5.82 Å². The van der Waals surface area contributed by atoms with E-state index in [1.165, 1.54) is 5.01 Å². The van der Waals surface area contributed by atoms with Crippen LogP contribution >= 0.6 is 0 Å². The molecular formula is C7H12N6O4. The van der Waals surface area contributed by atoms with Crippen LogP contribution in [0.4, 0.5) is 11.6 Å². The number of aliphatic hydroxyl groups is 2. The lowest BCUT2D eigenvalue weighted by atomic mass is 10.6. The molecule has 10 nitrogen and oxygen atoms in total. The predicted molar refractivity (Wildman–Crippen MR) is 55.5 cm³/mol. The summed E-state index contributed by atoms with van der Waals surface area (Å²) in [7, 11) is 0. The van der Waals surface area contributed by atoms with Gasteiger partial charge in [0.2, 0.25) is 0 Å². The molecule has 0 atom stereocenters. The van der Waals surface area contributed by atoms with Gasteiger partial charge in [-0.15, -0.1) is 5.11 Å². The Balaban J connectivity index is 2.73. The van der Waals surface area contributed by atoms with Crippen molar-refractivity contribution in [1.82, 2.24) is 15.0 Å². The van der Waals surface area contributed by atoms with Crippen molar-refractivity contribution in [3.05, 3.63) is 16.4 Å². The van der Waals surface area contributed by atoms with Crippen LogP contribution in [0, 0.1) is 10.1 Å². The van der Waals surface area contributed by atoms with Crippen LogP contribution < -0.4 is 0 Å². The van der Waals surface area contributed by atoms with Crippen molar-refractivity contribution in [2.75, 3.05) is 26.3 Å². The molecule has 1 aromatic rings. The fourth-order valence-electron chi connectivity index (χ4n) is 1.03. The average molecular weight is 244 g/mol. The Kier molecular flexibility index (Phi) is 4.97. The number of hydrogen-bond acceptors (Lipinski definition) is 7. The molecule has 0 fully saturated rings. The summed E-state index contributed by atoms with van der Waals surface area (Å²) < 4.78 is 0. The molecule has 0 amide bonds. The summed E-state index contributed by atoms with van der Waals surface area (Å²) >= 11 is 0. The molecule has 0 unspecified atom stereocenters. The normalized spacial score (nSPS) is 10.9. The largest absolute Gasteiger partial charge is 0.394 e. The van der Waals surface area contributed by atoms with Crippen molar-refractivity contribution in [3.8, 4) is 0 Å². The minimum absolute atomic E-state index is 0.157. The Bertz CT molecular complexity index is 385. The maximum atomic E-state index is 10.5. The number of nitrogens with zero attached hydrogens (tertiary/aromatic N) is 5. The van der Waals surface area contributed by atoms with Crippen LogP contribution in [0.3, 0.4) is 0 Å². The van der Waals surface area contributed by atoms with Gasteiger partial charge in [-0.05, 0) is 4.92 Å². The molecule has 1 rings (SSSR count). The van der Waals surface area contributed by atoms with E-state index in [-0.39, 0.29) is 37.9 Å². The highest BCUT2D eigenvalue weighted by molar-refractivity contribution is 5.44. The van der Waals surface area contributed by atoms with Gasteiger partial charge in [-0.25, -0.2) is 4.98 Å². The highest BCUT2D eigenvalue weighted by atomic mass is 16.6. The highest BCUT2D eigenvalue weighted by Crippen LogP contribution is 2.21. The number of rotatable bonds is 7. The molecule has 0 spiro atoms. The molecule has 0 aromatic carbocycles. The van der Waals surface area contributed by atoms with Gasteiger partial charge in [-0.1, -0.05) is 5.22 Å². The minimum atomic E-state index is -0.663. The number of aromatic nitrogens is 2. The third-order valence-corrected chi connectivity index (χ3v) is 1.76. The number of aromatic amines is 1. The Labute approximate surface area is 95.7 Å². The third kappa shape index (κ3) is 3.77. The Morgan fingerprint density at radius 1 is 1.47 bits per heavy atom. The zero-order valence-corrected chi connectivity index (χ0v) is 8.85. The number of aliphatic hydroxyl groups excluding tert-OH is 2. The van der Waals surface area contributed by atoms with Crippen molar-refractivity contribution in [2.24, 2.45) is 10.3 Å². The standard InChI is InChI=1S/C7H12N6O4/c14-3-1-12(2-4-15)11-10-6-7(13(16)17)9-5-8-6/h5,14-15H,1-4H2,(H,8,9). The highest BCUT2D eigenvalue weighted by Gasteiger charge is 2.14. The molecule has 1 heterocycles. The number of H-pyrrole nitrogens is 1. The molecule has 3 N–H and O–H groups in total. The number of nitrogens with one attached hydrogen (secondary N) is 1. The Morgan fingerprint density at radius 2 is 2.12 bits per heavy atom. The van der Waals surface area contributed by atoms with Crippen LogP contribution in [0.5, 0.6) is 0 Å². The van der Waals surface area contributed by atoms with Gasteiger partial charge in [0.05, 0.1) is 26.3 Å². The van der Waals surface area contributed by atoms with Gasteiger partial charge >= 0.3 is 5.82 Å². The fourth-order valence-corrected chi connectivity index (χ4v) is 1.03. The summed E-state index contributed by atoms with van der Waals surface area (Å²) in [5.74, 6) is -0.516. The van der Waals surface area contributed by atoms with Gasteiger partial charge in [0.15, 0.2) is 6.33 Å². The van der Waals surface area contributed by atoms with E-state index in [4.69, 9.17) is 10.2 Å². The zero-order chi connectivity index (χ0) is 12.7. The fraction of sp³-hybridized carbons (Fsp3) is 0.571. The molecule has 17 heavy (non-hydrogen) atoms. The molecule has 0 saturated carbocycles. The topological polar surface area (TPSA) is 140 Å². The van der Waals surface area contributed by atoms with E-state index in [2.05, 4.69) is 20.3 Å². The molecular weight excluding hydrogens is 232 g/mol. The van der Waals surface area contributed by atoms with Gasteiger partial charge in [-0.2, -0.15) is 4.98 Å². The molecule has 0 aliphatic rings. The van der Waals surface area contributed by atoms with Gasteiger partial charge in [0, 0.05) is 0 Å². The predicted octanol–water partition coefficient (Wildman–Crippen LogP) is -0.397. The van der Waals surface area contributed by atoms with Crippen LogP contribution in [-0.4, -0.2) is 56.4 Å². The molecule has 0 aliphatic heterocycles. The van der Waals surface area contributed by atoms with Crippen molar-refractivity contribution in [2.45, 2.75) is 0 Å². The Morgan fingerprint density at radius 3 is 2.65 bits per heavy atom. The van der Waals surface area contributed by atoms with Gasteiger partial charge in [-0.3, -0.25) is 5.01 Å². The monoisotopic (exact) mass is 244 g/mol. The summed E-state index contributed by atoms with van der Waals surface area (Å²) in [6.45, 7) is 0.00786. The molecule has 0 aliphatic carbocycles. The van der Waals surface area contributed by atoms with E-state index in [1.807, 2.05) is 0 Å². The second kappa shape index (κ2) is 6.50. The molecule has 0 bridgehead atoms. The van der Waals surface area contributed by atoms with Crippen LogP contribution in [0.2, 0.25) is 0 Å². The van der Waals surface area contributed by atoms with Crippen molar-refractivity contribution < 1.29 is 15.1 Å². The van der Waals surface area contributed by atoms with E-state index in [0.717, 1.165) is 6.33 Å². The summed E-state index contributed by atoms with van der Waals surface area (Å²) in [6, 6.07) is 0. The lowest BCUT2D eigenvalue weighted by Crippen LogP contribution is -2.24. The van der Waals surface area contributed by atoms with Crippen LogP contribution in [-0.2, 0) is 0 Å². The number of nitro groups is 1. The second-order valence-electron chi connectivity index (χ2n) is 2.92. The first kappa shape index (κ1) is 13.0. The smallest absolute Gasteiger partial charge is 0.369 e. The molecule has 0 radical (unpaired) electrons. The van der Waals surface area contributed by atoms with Crippen molar-refractivity contribution in [1.29, 1.82) is 0 Å². The van der Waals surface area contributed by atoms with Crippen molar-refractivity contribution in [3.63, 3.8) is 0 Å². The summed E-state index contributed by atoms with van der Waals surface area (Å²) in [5, 5.41) is 36.4. The molecule has 1 aromatic heterocycles. The SMILES string of the molecule is O=[N+]([O-])c1[nH]cnc1N=NN(CCO)CCO. The van der Waals surface area contributed by atoms with E-state index < -0.39 is 4.92 Å². The van der Waals surface area contributed by atoms with Crippen LogP contribution in [0.1, 0.15) is 0 Å². The molecule has 94 valence electrons. The number of imidazole rings is 1. The van der Waals surface area contributed by atoms with Gasteiger partial charge in [0.1, 0.15) is 0 Å². The summed E-state index contributed by atoms with van der Waals surface area (Å²) in [5.41, 5.74) is 0. The first-order valence-electron chi connectivity index (χ1n) is 4.75. The van der Waals surface area contributed by atoms with E-state index in [1.54, 1.807) is 0 Å². The van der Waals surface area contributed by atoms with E-state index in [0.29, 0.717) is 0 Å². The minimum Gasteiger partial charge on any atom is -0.394 e. The second-order valence-corrected chi connectivity index (χ2v) is 2.92. The summed E-state index contributed by atoms with van der Waals surface area (Å²) in [4.78, 5) is 15.8. The average Bonchev–Trinajstić information content (AvgIpc) is 2.74. The lowest BCUT2D eigenvalue weighted by Gasteiger charge is -2.13. The first-order chi connectivity index (χ1) is 8.19. The first-order valence-corrected chi connectivity index (χ1v) is 4.75. The maximum absolute atomic E-state index is 10.5. The van der Waals surface area contributed by atoms with Crippen LogP contribution in [0.15, 0.2) is 16.7 Å². The Hall–Kier alpha value is -2.07. The third-order valence-electron chi connectivity index (χ3n) is 1.76. The van der Waals surface area contributed by atoms with E-state index in [9.17, 15) is 10.1 Å². The van der Waals surface area contributed by atoms with Crippen molar-refractivity contribution >= 4 is 11.6 Å². The summed E-state index contributed by atoms with van der Waals surface area (Å²) in [6.07, 6.45) is 1.13. The number of hydrogen-bond donors (Lipinski definition) is 3.